The number of carbonyl (C=O) groups is 1. The van der Waals surface area contributed by atoms with Crippen molar-refractivity contribution in [3.8, 4) is 22.5 Å². The molecule has 5 aromatic rings. The zero-order valence-corrected chi connectivity index (χ0v) is 18.5. The van der Waals surface area contributed by atoms with Crippen LogP contribution in [0.5, 0.6) is 0 Å². The third-order valence-electron chi connectivity index (χ3n) is 6.65. The van der Waals surface area contributed by atoms with Crippen molar-refractivity contribution in [2.45, 2.75) is 24.7 Å². The van der Waals surface area contributed by atoms with E-state index in [1.807, 2.05) is 59.0 Å². The van der Waals surface area contributed by atoms with Gasteiger partial charge in [-0.15, -0.1) is 0 Å². The Balaban J connectivity index is 1.56. The van der Waals surface area contributed by atoms with Gasteiger partial charge >= 0.3 is 0 Å². The van der Waals surface area contributed by atoms with Gasteiger partial charge in [0.1, 0.15) is 16.8 Å². The standard InChI is InChI=1S/C26H20ClN5O/c27-23-22-21(31-25(32(22)14-13-29-23)26(24(28)33)11-4-12-26)18-8-7-17-9-10-19(30-20(17)15-18)16-5-2-1-3-6-16/h1-3,5-10,13-15H,4,11-12H2,(H2,28,33). The van der Waals surface area contributed by atoms with Gasteiger partial charge in [-0.1, -0.05) is 66.6 Å². The second-order valence-corrected chi connectivity index (χ2v) is 8.85. The second-order valence-electron chi connectivity index (χ2n) is 8.49. The first kappa shape index (κ1) is 19.9. The molecule has 1 aliphatic rings. The molecule has 1 amide bonds. The van der Waals surface area contributed by atoms with Gasteiger partial charge < -0.3 is 5.73 Å². The van der Waals surface area contributed by atoms with Gasteiger partial charge in [0.15, 0.2) is 5.15 Å². The molecule has 0 atom stereocenters. The molecule has 0 unspecified atom stereocenters. The average molecular weight is 454 g/mol. The third-order valence-corrected chi connectivity index (χ3v) is 6.93. The van der Waals surface area contributed by atoms with E-state index in [1.54, 1.807) is 12.4 Å². The molecule has 6 rings (SSSR count). The molecule has 1 fully saturated rings. The quantitative estimate of drug-likeness (QED) is 0.406. The number of nitrogens with two attached hydrogens (primary N) is 1. The van der Waals surface area contributed by atoms with Gasteiger partial charge in [-0.2, -0.15) is 0 Å². The van der Waals surface area contributed by atoms with E-state index in [9.17, 15) is 4.79 Å². The number of amides is 1. The van der Waals surface area contributed by atoms with Gasteiger partial charge in [0, 0.05) is 28.9 Å². The summed E-state index contributed by atoms with van der Waals surface area (Å²) in [5.41, 5.74) is 10.1. The molecule has 3 aromatic heterocycles. The maximum Gasteiger partial charge on any atom is 0.231 e. The molecule has 7 heteroatoms. The molecule has 0 radical (unpaired) electrons. The van der Waals surface area contributed by atoms with Gasteiger partial charge in [-0.05, 0) is 25.0 Å². The van der Waals surface area contributed by atoms with E-state index in [-0.39, 0.29) is 5.91 Å². The number of nitrogens with zero attached hydrogens (tertiary/aromatic N) is 4. The molecule has 1 saturated carbocycles. The number of benzene rings is 2. The first-order chi connectivity index (χ1) is 16.1. The van der Waals surface area contributed by atoms with Crippen LogP contribution in [0.15, 0.2) is 73.1 Å². The lowest BCUT2D eigenvalue weighted by molar-refractivity contribution is -0.126. The Bertz CT molecular complexity index is 1540. The lowest BCUT2D eigenvalue weighted by atomic mass is 9.67. The summed E-state index contributed by atoms with van der Waals surface area (Å²) in [6.45, 7) is 0. The van der Waals surface area contributed by atoms with E-state index < -0.39 is 5.41 Å². The predicted octanol–water partition coefficient (Wildman–Crippen LogP) is 5.17. The summed E-state index contributed by atoms with van der Waals surface area (Å²) in [5.74, 6) is 0.273. The van der Waals surface area contributed by atoms with Crippen LogP contribution in [0.2, 0.25) is 5.15 Å². The van der Waals surface area contributed by atoms with E-state index in [2.05, 4.69) is 11.1 Å². The van der Waals surface area contributed by atoms with Crippen molar-refractivity contribution in [2.75, 3.05) is 0 Å². The maximum absolute atomic E-state index is 12.4. The summed E-state index contributed by atoms with van der Waals surface area (Å²) < 4.78 is 1.87. The first-order valence-electron chi connectivity index (χ1n) is 10.9. The molecule has 2 N–H and O–H groups in total. The Hall–Kier alpha value is -3.77. The van der Waals surface area contributed by atoms with Crippen molar-refractivity contribution in [3.63, 3.8) is 0 Å². The van der Waals surface area contributed by atoms with E-state index in [0.717, 1.165) is 34.1 Å². The highest BCUT2D eigenvalue weighted by molar-refractivity contribution is 6.33. The molecular formula is C26H20ClN5O. The Labute approximate surface area is 195 Å². The number of fused-ring (bicyclic) bond motifs is 2. The Kier molecular flexibility index (Phi) is 4.45. The fraction of sp³-hybridized carbons (Fsp3) is 0.154. The number of halogens is 1. The molecule has 2 aromatic carbocycles. The Morgan fingerprint density at radius 2 is 1.79 bits per heavy atom. The van der Waals surface area contributed by atoms with Gasteiger partial charge in [0.25, 0.3) is 0 Å². The van der Waals surface area contributed by atoms with Crippen LogP contribution >= 0.6 is 11.6 Å². The number of rotatable bonds is 4. The van der Waals surface area contributed by atoms with Crippen LogP contribution in [0, 0.1) is 0 Å². The SMILES string of the molecule is NC(=O)C1(c2nc(-c3ccc4ccc(-c5ccccc5)nc4c3)c3c(Cl)nccn23)CCC1. The van der Waals surface area contributed by atoms with Crippen LogP contribution in [0.4, 0.5) is 0 Å². The van der Waals surface area contributed by atoms with Gasteiger partial charge in [0.05, 0.1) is 16.9 Å². The van der Waals surface area contributed by atoms with Crippen molar-refractivity contribution < 1.29 is 4.79 Å². The zero-order chi connectivity index (χ0) is 22.6. The third kappa shape index (κ3) is 3.02. The smallest absolute Gasteiger partial charge is 0.231 e. The predicted molar refractivity (Wildman–Crippen MR) is 129 cm³/mol. The normalized spacial score (nSPS) is 14.9. The highest BCUT2D eigenvalue weighted by Crippen LogP contribution is 2.45. The van der Waals surface area contributed by atoms with Crippen LogP contribution in [-0.2, 0) is 10.2 Å². The maximum atomic E-state index is 12.4. The van der Waals surface area contributed by atoms with E-state index in [1.165, 1.54) is 0 Å². The molecule has 6 nitrogen and oxygen atoms in total. The number of pyridine rings is 1. The minimum Gasteiger partial charge on any atom is -0.369 e. The summed E-state index contributed by atoms with van der Waals surface area (Å²) in [6, 6.07) is 20.2. The van der Waals surface area contributed by atoms with Crippen LogP contribution in [0.3, 0.4) is 0 Å². The number of imidazole rings is 1. The van der Waals surface area contributed by atoms with Gasteiger partial charge in [0.2, 0.25) is 5.91 Å². The van der Waals surface area contributed by atoms with E-state index >= 15 is 0 Å². The summed E-state index contributed by atoms with van der Waals surface area (Å²) in [6.07, 6.45) is 5.71. The fourth-order valence-electron chi connectivity index (χ4n) is 4.69. The second kappa shape index (κ2) is 7.39. The van der Waals surface area contributed by atoms with Crippen molar-refractivity contribution in [2.24, 2.45) is 5.73 Å². The highest BCUT2D eigenvalue weighted by atomic mass is 35.5. The number of primary amides is 1. The molecule has 0 bridgehead atoms. The monoisotopic (exact) mass is 453 g/mol. The minimum absolute atomic E-state index is 0.330. The number of hydrogen-bond donors (Lipinski definition) is 1. The average Bonchev–Trinajstić information content (AvgIpc) is 3.19. The summed E-state index contributed by atoms with van der Waals surface area (Å²) >= 11 is 6.54. The largest absolute Gasteiger partial charge is 0.369 e. The summed E-state index contributed by atoms with van der Waals surface area (Å²) in [4.78, 5) is 26.5. The molecule has 3 heterocycles. The van der Waals surface area contributed by atoms with Gasteiger partial charge in [-0.3, -0.25) is 9.20 Å². The Morgan fingerprint density at radius 1 is 1.00 bits per heavy atom. The topological polar surface area (TPSA) is 86.2 Å². The van der Waals surface area contributed by atoms with E-state index in [0.29, 0.717) is 35.0 Å². The molecule has 0 spiro atoms. The first-order valence-corrected chi connectivity index (χ1v) is 11.2. The van der Waals surface area contributed by atoms with Crippen LogP contribution in [0.1, 0.15) is 25.1 Å². The van der Waals surface area contributed by atoms with Crippen LogP contribution in [0.25, 0.3) is 38.9 Å². The van der Waals surface area contributed by atoms with E-state index in [4.69, 9.17) is 27.3 Å². The lowest BCUT2D eigenvalue weighted by Crippen LogP contribution is -2.48. The highest BCUT2D eigenvalue weighted by Gasteiger charge is 2.48. The molecular weight excluding hydrogens is 434 g/mol. The van der Waals surface area contributed by atoms with Crippen molar-refractivity contribution in [1.29, 1.82) is 0 Å². The Morgan fingerprint density at radius 3 is 2.52 bits per heavy atom. The molecule has 0 saturated heterocycles. The lowest BCUT2D eigenvalue weighted by Gasteiger charge is -2.37. The van der Waals surface area contributed by atoms with Crippen molar-refractivity contribution in [3.05, 3.63) is 84.0 Å². The van der Waals surface area contributed by atoms with Crippen LogP contribution < -0.4 is 5.73 Å². The van der Waals surface area contributed by atoms with Crippen LogP contribution in [-0.4, -0.2) is 25.3 Å². The van der Waals surface area contributed by atoms with Crippen molar-refractivity contribution >= 4 is 33.9 Å². The summed E-state index contributed by atoms with van der Waals surface area (Å²) in [7, 11) is 0. The fourth-order valence-corrected chi connectivity index (χ4v) is 4.92. The number of aromatic nitrogens is 4. The molecule has 33 heavy (non-hydrogen) atoms. The minimum atomic E-state index is -0.776. The van der Waals surface area contributed by atoms with Crippen molar-refractivity contribution in [1.82, 2.24) is 19.4 Å². The number of hydrogen-bond acceptors (Lipinski definition) is 4. The molecule has 162 valence electrons. The molecule has 1 aliphatic carbocycles. The zero-order valence-electron chi connectivity index (χ0n) is 17.7. The summed E-state index contributed by atoms with van der Waals surface area (Å²) in [5, 5.41) is 1.36. The molecule has 0 aliphatic heterocycles. The number of carbonyl (C=O) groups excluding carboxylic acids is 1. The van der Waals surface area contributed by atoms with Gasteiger partial charge in [-0.25, -0.2) is 15.0 Å².